The van der Waals surface area contributed by atoms with Crippen LogP contribution in [0.2, 0.25) is 10.0 Å². The van der Waals surface area contributed by atoms with Crippen molar-refractivity contribution in [2.24, 2.45) is 4.99 Å². The van der Waals surface area contributed by atoms with E-state index in [4.69, 9.17) is 32.9 Å². The van der Waals surface area contributed by atoms with Gasteiger partial charge in [-0.2, -0.15) is 0 Å². The first-order valence-corrected chi connectivity index (χ1v) is 14.7. The fourth-order valence-corrected chi connectivity index (χ4v) is 6.59. The number of rotatable bonds is 8. The summed E-state index contributed by atoms with van der Waals surface area (Å²) in [4.78, 5) is 19.4. The Bertz CT molecular complexity index is 1490. The first kappa shape index (κ1) is 26.9. The third kappa shape index (κ3) is 6.49. The van der Waals surface area contributed by atoms with E-state index in [-0.39, 0.29) is 5.91 Å². The number of hydrogen-bond donors (Lipinski definition) is 1. The average Bonchev–Trinajstić information content (AvgIpc) is 3.30. The molecule has 0 spiro atoms. The van der Waals surface area contributed by atoms with Crippen molar-refractivity contribution in [1.82, 2.24) is 5.32 Å². The van der Waals surface area contributed by atoms with Gasteiger partial charge in [0.15, 0.2) is 0 Å². The minimum atomic E-state index is -0.0637. The Kier molecular flexibility index (Phi) is 8.85. The predicted octanol–water partition coefficient (Wildman–Crippen LogP) is 8.96. The Hall–Kier alpha value is -2.64. The van der Waals surface area contributed by atoms with Crippen molar-refractivity contribution in [2.45, 2.75) is 38.8 Å². The van der Waals surface area contributed by atoms with Crippen LogP contribution in [0.4, 0.5) is 5.00 Å². The van der Waals surface area contributed by atoms with Gasteiger partial charge in [-0.05, 0) is 88.6 Å². The lowest BCUT2D eigenvalue weighted by Gasteiger charge is -2.13. The SMILES string of the molecule is O=C(NCc1ccccc1)c1c(N=Cc2ccc(OCc3ccc(Cl)cc3Cl)c(Br)c2)sc2c1CCCC2. The summed E-state index contributed by atoms with van der Waals surface area (Å²) in [7, 11) is 0. The van der Waals surface area contributed by atoms with Gasteiger partial charge in [0, 0.05) is 33.2 Å². The Morgan fingerprint density at radius 1 is 1.05 bits per heavy atom. The normalized spacial score (nSPS) is 12.9. The molecule has 0 saturated carbocycles. The number of nitrogens with zero attached hydrogens (tertiary/aromatic N) is 1. The first-order valence-electron chi connectivity index (χ1n) is 12.3. The number of fused-ring (bicyclic) bond motifs is 1. The Morgan fingerprint density at radius 3 is 2.66 bits per heavy atom. The standard InChI is InChI=1S/C30H25BrCl2N2O2S/c31-24-14-20(10-13-26(24)37-18-21-11-12-22(32)15-25(21)33)17-35-30-28(23-8-4-5-9-27(23)38-30)29(36)34-16-19-6-2-1-3-7-19/h1-3,6-7,10-15,17H,4-5,8-9,16,18H2,(H,34,36). The maximum atomic E-state index is 13.3. The molecule has 1 amide bonds. The molecule has 0 saturated heterocycles. The van der Waals surface area contributed by atoms with E-state index in [1.807, 2.05) is 54.6 Å². The van der Waals surface area contributed by atoms with Gasteiger partial charge in [0.25, 0.3) is 5.91 Å². The fourth-order valence-electron chi connectivity index (χ4n) is 4.39. The minimum Gasteiger partial charge on any atom is -0.488 e. The van der Waals surface area contributed by atoms with E-state index in [0.717, 1.165) is 63.0 Å². The van der Waals surface area contributed by atoms with Crippen LogP contribution in [0.1, 0.15) is 50.3 Å². The number of nitrogens with one attached hydrogen (secondary N) is 1. The van der Waals surface area contributed by atoms with Crippen LogP contribution in [0.3, 0.4) is 0 Å². The lowest BCUT2D eigenvalue weighted by Crippen LogP contribution is -2.24. The van der Waals surface area contributed by atoms with E-state index in [9.17, 15) is 4.79 Å². The molecule has 1 aliphatic carbocycles. The number of aryl methyl sites for hydroxylation is 1. The second kappa shape index (κ2) is 12.5. The lowest BCUT2D eigenvalue weighted by molar-refractivity contribution is 0.0951. The summed E-state index contributed by atoms with van der Waals surface area (Å²) >= 11 is 17.5. The minimum absolute atomic E-state index is 0.0637. The van der Waals surface area contributed by atoms with Crippen LogP contribution in [-0.4, -0.2) is 12.1 Å². The van der Waals surface area contributed by atoms with Crippen LogP contribution in [0.15, 0.2) is 76.2 Å². The highest BCUT2D eigenvalue weighted by molar-refractivity contribution is 9.10. The molecule has 8 heteroatoms. The first-order chi connectivity index (χ1) is 18.5. The van der Waals surface area contributed by atoms with E-state index in [0.29, 0.717) is 28.9 Å². The maximum Gasteiger partial charge on any atom is 0.254 e. The molecular weight excluding hydrogens is 603 g/mol. The summed E-state index contributed by atoms with van der Waals surface area (Å²) in [6.45, 7) is 0.813. The summed E-state index contributed by atoms with van der Waals surface area (Å²) in [6, 6.07) is 21.1. The van der Waals surface area contributed by atoms with E-state index < -0.39 is 0 Å². The molecule has 1 aliphatic rings. The average molecular weight is 628 g/mol. The molecule has 194 valence electrons. The van der Waals surface area contributed by atoms with Crippen LogP contribution in [0.25, 0.3) is 0 Å². The second-order valence-corrected chi connectivity index (χ2v) is 11.8. The predicted molar refractivity (Wildman–Crippen MR) is 161 cm³/mol. The molecular formula is C30H25BrCl2N2O2S. The number of amides is 1. The fraction of sp³-hybridized carbons (Fsp3) is 0.200. The van der Waals surface area contributed by atoms with E-state index in [2.05, 4.69) is 21.2 Å². The Balaban J connectivity index is 1.32. The van der Waals surface area contributed by atoms with Gasteiger partial charge in [-0.3, -0.25) is 4.79 Å². The maximum absolute atomic E-state index is 13.3. The third-order valence-corrected chi connectivity index (χ3v) is 8.77. The topological polar surface area (TPSA) is 50.7 Å². The quantitative estimate of drug-likeness (QED) is 0.198. The van der Waals surface area contributed by atoms with Crippen molar-refractivity contribution in [3.8, 4) is 5.75 Å². The monoisotopic (exact) mass is 626 g/mol. The molecule has 0 atom stereocenters. The number of carbonyl (C=O) groups is 1. The van der Waals surface area contributed by atoms with Gasteiger partial charge >= 0.3 is 0 Å². The van der Waals surface area contributed by atoms with Crippen LogP contribution >= 0.6 is 50.5 Å². The number of hydrogen-bond acceptors (Lipinski definition) is 4. The largest absolute Gasteiger partial charge is 0.488 e. The van der Waals surface area contributed by atoms with Crippen LogP contribution < -0.4 is 10.1 Å². The molecule has 0 fully saturated rings. The molecule has 3 aromatic carbocycles. The number of thiophene rings is 1. The molecule has 38 heavy (non-hydrogen) atoms. The summed E-state index contributed by atoms with van der Waals surface area (Å²) in [5.41, 5.74) is 4.70. The summed E-state index contributed by atoms with van der Waals surface area (Å²) < 4.78 is 6.76. The smallest absolute Gasteiger partial charge is 0.254 e. The van der Waals surface area contributed by atoms with Crippen molar-refractivity contribution < 1.29 is 9.53 Å². The van der Waals surface area contributed by atoms with Gasteiger partial charge in [0.1, 0.15) is 17.4 Å². The zero-order chi connectivity index (χ0) is 26.5. The molecule has 0 unspecified atom stereocenters. The number of carbonyl (C=O) groups excluding carboxylic acids is 1. The molecule has 0 radical (unpaired) electrons. The summed E-state index contributed by atoms with van der Waals surface area (Å²) in [6.07, 6.45) is 5.98. The number of ether oxygens (including phenoxy) is 1. The lowest BCUT2D eigenvalue weighted by atomic mass is 9.95. The highest BCUT2D eigenvalue weighted by Gasteiger charge is 2.25. The van der Waals surface area contributed by atoms with Crippen molar-refractivity contribution >= 4 is 67.6 Å². The summed E-state index contributed by atoms with van der Waals surface area (Å²) in [5.74, 6) is 0.631. The van der Waals surface area contributed by atoms with Gasteiger partial charge in [0.2, 0.25) is 0 Å². The zero-order valence-corrected chi connectivity index (χ0v) is 24.4. The highest BCUT2D eigenvalue weighted by atomic mass is 79.9. The molecule has 1 heterocycles. The van der Waals surface area contributed by atoms with E-state index in [1.54, 1.807) is 29.7 Å². The van der Waals surface area contributed by atoms with Gasteiger partial charge in [-0.25, -0.2) is 4.99 Å². The van der Waals surface area contributed by atoms with Crippen LogP contribution in [-0.2, 0) is 26.0 Å². The van der Waals surface area contributed by atoms with Gasteiger partial charge in [-0.15, -0.1) is 11.3 Å². The number of halogens is 3. The Morgan fingerprint density at radius 2 is 1.87 bits per heavy atom. The highest BCUT2D eigenvalue weighted by Crippen LogP contribution is 2.40. The molecule has 0 aliphatic heterocycles. The van der Waals surface area contributed by atoms with Crippen LogP contribution in [0, 0.1) is 0 Å². The molecule has 4 aromatic rings. The number of aliphatic imine (C=N–C) groups is 1. The Labute approximate surface area is 244 Å². The van der Waals surface area contributed by atoms with Crippen molar-refractivity contribution in [3.05, 3.63) is 114 Å². The van der Waals surface area contributed by atoms with Gasteiger partial charge in [-0.1, -0.05) is 59.6 Å². The molecule has 4 nitrogen and oxygen atoms in total. The van der Waals surface area contributed by atoms with Crippen molar-refractivity contribution in [2.75, 3.05) is 0 Å². The van der Waals surface area contributed by atoms with E-state index in [1.165, 1.54) is 4.88 Å². The van der Waals surface area contributed by atoms with E-state index >= 15 is 0 Å². The molecule has 5 rings (SSSR count). The second-order valence-electron chi connectivity index (χ2n) is 9.03. The molecule has 1 N–H and O–H groups in total. The number of benzene rings is 3. The van der Waals surface area contributed by atoms with Gasteiger partial charge < -0.3 is 10.1 Å². The summed E-state index contributed by atoms with van der Waals surface area (Å²) in [5, 5.41) is 5.01. The third-order valence-electron chi connectivity index (χ3n) is 6.36. The van der Waals surface area contributed by atoms with Gasteiger partial charge in [0.05, 0.1) is 10.0 Å². The molecule has 1 aromatic heterocycles. The van der Waals surface area contributed by atoms with Crippen molar-refractivity contribution in [1.29, 1.82) is 0 Å². The molecule has 0 bridgehead atoms. The van der Waals surface area contributed by atoms with Crippen molar-refractivity contribution in [3.63, 3.8) is 0 Å². The van der Waals surface area contributed by atoms with Crippen LogP contribution in [0.5, 0.6) is 5.75 Å². The zero-order valence-electron chi connectivity index (χ0n) is 20.5.